The van der Waals surface area contributed by atoms with Gasteiger partial charge in [-0.3, -0.25) is 14.4 Å². The molecule has 1 saturated heterocycles. The van der Waals surface area contributed by atoms with Crippen molar-refractivity contribution in [1.82, 2.24) is 9.88 Å². The number of H-pyrrole nitrogens is 1. The van der Waals surface area contributed by atoms with Crippen LogP contribution in [-0.2, 0) is 4.79 Å². The molecule has 2 N–H and O–H groups in total. The molecule has 1 aliphatic heterocycles. The molecule has 6 nitrogen and oxygen atoms in total. The van der Waals surface area contributed by atoms with E-state index in [2.05, 4.69) is 4.98 Å². The first-order chi connectivity index (χ1) is 9.59. The van der Waals surface area contributed by atoms with Crippen LogP contribution in [0, 0.1) is 0 Å². The SMILES string of the molecule is O=C(O)CCC1CCCCN1C(=O)c1ccc[nH]c1=O. The fourth-order valence-electron chi connectivity index (χ4n) is 2.60. The number of likely N-dealkylation sites (tertiary alicyclic amines) is 1. The number of amides is 1. The van der Waals surface area contributed by atoms with Gasteiger partial charge in [-0.05, 0) is 37.8 Å². The van der Waals surface area contributed by atoms with E-state index >= 15 is 0 Å². The van der Waals surface area contributed by atoms with Gasteiger partial charge in [0.25, 0.3) is 11.5 Å². The molecule has 20 heavy (non-hydrogen) atoms. The standard InChI is InChI=1S/C14H18N2O4/c17-12(18)7-6-10-4-1-2-9-16(10)14(20)11-5-3-8-15-13(11)19/h3,5,8,10H,1-2,4,6-7,9H2,(H,15,19)(H,17,18). The van der Waals surface area contributed by atoms with E-state index in [9.17, 15) is 14.4 Å². The van der Waals surface area contributed by atoms with Gasteiger partial charge < -0.3 is 15.0 Å². The first-order valence-electron chi connectivity index (χ1n) is 6.80. The molecule has 0 aliphatic carbocycles. The van der Waals surface area contributed by atoms with Crippen molar-refractivity contribution in [1.29, 1.82) is 0 Å². The number of carbonyl (C=O) groups excluding carboxylic acids is 1. The zero-order valence-electron chi connectivity index (χ0n) is 11.2. The summed E-state index contributed by atoms with van der Waals surface area (Å²) in [4.78, 5) is 38.9. The van der Waals surface area contributed by atoms with Gasteiger partial charge in [0.05, 0.1) is 0 Å². The molecule has 1 aliphatic rings. The van der Waals surface area contributed by atoms with E-state index in [1.807, 2.05) is 0 Å². The molecule has 0 radical (unpaired) electrons. The van der Waals surface area contributed by atoms with Gasteiger partial charge >= 0.3 is 5.97 Å². The van der Waals surface area contributed by atoms with Crippen LogP contribution in [-0.4, -0.2) is 39.5 Å². The average molecular weight is 278 g/mol. The maximum atomic E-state index is 12.4. The lowest BCUT2D eigenvalue weighted by Crippen LogP contribution is -2.45. The highest BCUT2D eigenvalue weighted by Gasteiger charge is 2.28. The van der Waals surface area contributed by atoms with Gasteiger partial charge in [0.2, 0.25) is 0 Å². The Morgan fingerprint density at radius 1 is 1.40 bits per heavy atom. The molecule has 1 atom stereocenters. The highest BCUT2D eigenvalue weighted by Crippen LogP contribution is 2.22. The lowest BCUT2D eigenvalue weighted by molar-refractivity contribution is -0.137. The van der Waals surface area contributed by atoms with Gasteiger partial charge in [-0.2, -0.15) is 0 Å². The van der Waals surface area contributed by atoms with Gasteiger partial charge in [0.15, 0.2) is 0 Å². The van der Waals surface area contributed by atoms with Crippen LogP contribution in [0.4, 0.5) is 0 Å². The molecular weight excluding hydrogens is 260 g/mol. The van der Waals surface area contributed by atoms with Gasteiger partial charge in [0.1, 0.15) is 5.56 Å². The highest BCUT2D eigenvalue weighted by atomic mass is 16.4. The van der Waals surface area contributed by atoms with Gasteiger partial charge in [0, 0.05) is 25.2 Å². The summed E-state index contributed by atoms with van der Waals surface area (Å²) < 4.78 is 0. The molecule has 1 amide bonds. The van der Waals surface area contributed by atoms with E-state index in [-0.39, 0.29) is 23.9 Å². The Bertz CT molecular complexity index is 552. The second-order valence-electron chi connectivity index (χ2n) is 4.99. The topological polar surface area (TPSA) is 90.5 Å². The Labute approximate surface area is 116 Å². The van der Waals surface area contributed by atoms with Crippen LogP contribution in [0.5, 0.6) is 0 Å². The van der Waals surface area contributed by atoms with Crippen LogP contribution >= 0.6 is 0 Å². The monoisotopic (exact) mass is 278 g/mol. The zero-order valence-corrected chi connectivity index (χ0v) is 11.2. The number of hydrogen-bond donors (Lipinski definition) is 2. The third kappa shape index (κ3) is 3.26. The first-order valence-corrected chi connectivity index (χ1v) is 6.80. The summed E-state index contributed by atoms with van der Waals surface area (Å²) in [6, 6.07) is 3.03. The third-order valence-electron chi connectivity index (χ3n) is 3.63. The van der Waals surface area contributed by atoms with Crippen LogP contribution in [0.25, 0.3) is 0 Å². The number of aromatic nitrogens is 1. The van der Waals surface area contributed by atoms with Crippen molar-refractivity contribution in [2.75, 3.05) is 6.54 Å². The second-order valence-corrected chi connectivity index (χ2v) is 4.99. The summed E-state index contributed by atoms with van der Waals surface area (Å²) in [6.45, 7) is 0.581. The molecular formula is C14H18N2O4. The number of carbonyl (C=O) groups is 2. The Kier molecular flexibility index (Phi) is 4.55. The van der Waals surface area contributed by atoms with Crippen molar-refractivity contribution >= 4 is 11.9 Å². The predicted octanol–water partition coefficient (Wildman–Crippen LogP) is 1.23. The Hall–Kier alpha value is -2.11. The van der Waals surface area contributed by atoms with E-state index in [1.165, 1.54) is 12.3 Å². The van der Waals surface area contributed by atoms with E-state index < -0.39 is 11.5 Å². The largest absolute Gasteiger partial charge is 0.481 e. The summed E-state index contributed by atoms with van der Waals surface area (Å²) in [5.41, 5.74) is -0.283. The van der Waals surface area contributed by atoms with Crippen LogP contribution in [0.3, 0.4) is 0 Å². The molecule has 1 fully saturated rings. The molecule has 2 rings (SSSR count). The lowest BCUT2D eigenvalue weighted by Gasteiger charge is -2.35. The van der Waals surface area contributed by atoms with Crippen LogP contribution < -0.4 is 5.56 Å². The molecule has 0 saturated carbocycles. The maximum Gasteiger partial charge on any atom is 0.303 e. The van der Waals surface area contributed by atoms with Crippen molar-refractivity contribution in [3.8, 4) is 0 Å². The molecule has 1 unspecified atom stereocenters. The average Bonchev–Trinajstić information content (AvgIpc) is 2.45. The minimum absolute atomic E-state index is 0.0413. The number of nitrogens with zero attached hydrogens (tertiary/aromatic N) is 1. The summed E-state index contributed by atoms with van der Waals surface area (Å²) in [5, 5.41) is 8.77. The minimum Gasteiger partial charge on any atom is -0.481 e. The predicted molar refractivity (Wildman–Crippen MR) is 72.6 cm³/mol. The molecule has 2 heterocycles. The molecule has 0 spiro atoms. The number of rotatable bonds is 4. The summed E-state index contributed by atoms with van der Waals surface area (Å²) >= 11 is 0. The molecule has 1 aromatic rings. The number of piperidine rings is 1. The van der Waals surface area contributed by atoms with Crippen molar-refractivity contribution < 1.29 is 14.7 Å². The van der Waals surface area contributed by atoms with Gasteiger partial charge in [-0.1, -0.05) is 0 Å². The van der Waals surface area contributed by atoms with E-state index in [4.69, 9.17) is 5.11 Å². The normalized spacial score (nSPS) is 18.8. The summed E-state index contributed by atoms with van der Waals surface area (Å²) in [6.07, 6.45) is 4.63. The first kappa shape index (κ1) is 14.3. The van der Waals surface area contributed by atoms with Crippen molar-refractivity contribution in [3.63, 3.8) is 0 Å². The second kappa shape index (κ2) is 6.36. The molecule has 0 bridgehead atoms. The summed E-state index contributed by atoms with van der Waals surface area (Å²) in [7, 11) is 0. The number of hydrogen-bond acceptors (Lipinski definition) is 3. The molecule has 1 aromatic heterocycles. The van der Waals surface area contributed by atoms with Crippen LogP contribution in [0.1, 0.15) is 42.5 Å². The highest BCUT2D eigenvalue weighted by molar-refractivity contribution is 5.94. The van der Waals surface area contributed by atoms with E-state index in [0.717, 1.165) is 19.3 Å². The number of aromatic amines is 1. The van der Waals surface area contributed by atoms with Crippen LogP contribution in [0.2, 0.25) is 0 Å². The van der Waals surface area contributed by atoms with Gasteiger partial charge in [-0.25, -0.2) is 0 Å². The van der Waals surface area contributed by atoms with Crippen molar-refractivity contribution in [3.05, 3.63) is 34.2 Å². The number of pyridine rings is 1. The number of nitrogens with one attached hydrogen (secondary N) is 1. The molecule has 108 valence electrons. The maximum absolute atomic E-state index is 12.4. The van der Waals surface area contributed by atoms with Crippen LogP contribution in [0.15, 0.2) is 23.1 Å². The minimum atomic E-state index is -0.861. The third-order valence-corrected chi connectivity index (χ3v) is 3.63. The fourth-order valence-corrected chi connectivity index (χ4v) is 2.60. The van der Waals surface area contributed by atoms with Gasteiger partial charge in [-0.15, -0.1) is 0 Å². The number of carboxylic acid groups (broad SMARTS) is 1. The smallest absolute Gasteiger partial charge is 0.303 e. The lowest BCUT2D eigenvalue weighted by atomic mass is 9.97. The fraction of sp³-hybridized carbons (Fsp3) is 0.500. The Balaban J connectivity index is 2.15. The van der Waals surface area contributed by atoms with E-state index in [1.54, 1.807) is 11.0 Å². The number of carboxylic acids is 1. The van der Waals surface area contributed by atoms with Crippen molar-refractivity contribution in [2.24, 2.45) is 0 Å². The zero-order chi connectivity index (χ0) is 14.5. The Morgan fingerprint density at radius 2 is 2.20 bits per heavy atom. The Morgan fingerprint density at radius 3 is 2.90 bits per heavy atom. The van der Waals surface area contributed by atoms with E-state index in [0.29, 0.717) is 13.0 Å². The molecule has 0 aromatic carbocycles. The molecule has 6 heteroatoms. The summed E-state index contributed by atoms with van der Waals surface area (Å²) in [5.74, 6) is -1.16. The number of aliphatic carboxylic acids is 1. The van der Waals surface area contributed by atoms with Crippen molar-refractivity contribution in [2.45, 2.75) is 38.1 Å². The quantitative estimate of drug-likeness (QED) is 0.866.